The summed E-state index contributed by atoms with van der Waals surface area (Å²) in [4.78, 5) is 37.8. The van der Waals surface area contributed by atoms with Crippen LogP contribution in [0.5, 0.6) is 0 Å². The minimum absolute atomic E-state index is 0.0634. The second-order valence-electron chi connectivity index (χ2n) is 18.1. The Balaban J connectivity index is 4.15. The molecular formula is C52H100O6. The number of carbonyl (C=O) groups is 3. The van der Waals surface area contributed by atoms with Crippen LogP contribution in [0.3, 0.4) is 0 Å². The smallest absolute Gasteiger partial charge is 0.306 e. The number of hydrogen-bond donors (Lipinski definition) is 0. The van der Waals surface area contributed by atoms with Crippen LogP contribution in [-0.2, 0) is 28.6 Å². The topological polar surface area (TPSA) is 78.9 Å². The monoisotopic (exact) mass is 821 g/mol. The van der Waals surface area contributed by atoms with E-state index in [2.05, 4.69) is 27.7 Å². The van der Waals surface area contributed by atoms with Crippen LogP contribution in [0, 0.1) is 5.92 Å². The Morgan fingerprint density at radius 2 is 0.603 bits per heavy atom. The van der Waals surface area contributed by atoms with Crippen LogP contribution in [0.25, 0.3) is 0 Å². The first-order chi connectivity index (χ1) is 28.4. The van der Waals surface area contributed by atoms with Crippen molar-refractivity contribution >= 4 is 17.9 Å². The predicted molar refractivity (Wildman–Crippen MR) is 247 cm³/mol. The Morgan fingerprint density at radius 3 is 0.897 bits per heavy atom. The number of hydrogen-bond acceptors (Lipinski definition) is 6. The fourth-order valence-electron chi connectivity index (χ4n) is 7.83. The Bertz CT molecular complexity index is 874. The fourth-order valence-corrected chi connectivity index (χ4v) is 7.83. The van der Waals surface area contributed by atoms with Gasteiger partial charge in [-0.2, -0.15) is 0 Å². The Morgan fingerprint density at radius 1 is 0.345 bits per heavy atom. The fraction of sp³-hybridized carbons (Fsp3) is 0.942. The predicted octanol–water partition coefficient (Wildman–Crippen LogP) is 16.7. The summed E-state index contributed by atoms with van der Waals surface area (Å²) in [5.41, 5.74) is 0. The van der Waals surface area contributed by atoms with Gasteiger partial charge in [0.05, 0.1) is 0 Å². The molecule has 0 saturated heterocycles. The Kier molecular flexibility index (Phi) is 45.2. The molecule has 0 fully saturated rings. The number of rotatable bonds is 47. The average molecular weight is 821 g/mol. The first-order valence-corrected chi connectivity index (χ1v) is 25.9. The molecule has 0 spiro atoms. The van der Waals surface area contributed by atoms with Crippen LogP contribution in [0.1, 0.15) is 291 Å². The third kappa shape index (κ3) is 44.0. The second kappa shape index (κ2) is 46.5. The zero-order valence-electron chi connectivity index (χ0n) is 39.5. The molecule has 344 valence electrons. The van der Waals surface area contributed by atoms with Crippen LogP contribution >= 0.6 is 0 Å². The molecule has 0 N–H and O–H groups in total. The lowest BCUT2D eigenvalue weighted by Crippen LogP contribution is -2.30. The van der Waals surface area contributed by atoms with Crippen LogP contribution in [0.2, 0.25) is 0 Å². The average Bonchev–Trinajstić information content (AvgIpc) is 3.22. The highest BCUT2D eigenvalue weighted by Gasteiger charge is 2.19. The summed E-state index contributed by atoms with van der Waals surface area (Å²) < 4.78 is 16.7. The summed E-state index contributed by atoms with van der Waals surface area (Å²) in [6.45, 7) is 9.03. The molecule has 0 aliphatic heterocycles. The van der Waals surface area contributed by atoms with E-state index < -0.39 is 6.10 Å². The molecule has 6 nitrogen and oxygen atoms in total. The highest BCUT2D eigenvalue weighted by atomic mass is 16.6. The lowest BCUT2D eigenvalue weighted by atomic mass is 9.99. The molecule has 0 saturated carbocycles. The van der Waals surface area contributed by atoms with E-state index in [-0.39, 0.29) is 31.1 Å². The molecule has 0 aliphatic carbocycles. The maximum Gasteiger partial charge on any atom is 0.306 e. The summed E-state index contributed by atoms with van der Waals surface area (Å²) in [6, 6.07) is 0. The molecule has 0 aromatic rings. The second-order valence-corrected chi connectivity index (χ2v) is 18.1. The minimum Gasteiger partial charge on any atom is -0.462 e. The number of unbranched alkanes of at least 4 members (excludes halogenated alkanes) is 33. The van der Waals surface area contributed by atoms with Gasteiger partial charge < -0.3 is 14.2 Å². The van der Waals surface area contributed by atoms with Gasteiger partial charge in [-0.3, -0.25) is 14.4 Å². The zero-order chi connectivity index (χ0) is 42.4. The summed E-state index contributed by atoms with van der Waals surface area (Å²) in [7, 11) is 0. The van der Waals surface area contributed by atoms with Crippen LogP contribution in [0.15, 0.2) is 0 Å². The van der Waals surface area contributed by atoms with Crippen molar-refractivity contribution in [3.8, 4) is 0 Å². The van der Waals surface area contributed by atoms with Crippen molar-refractivity contribution in [2.24, 2.45) is 5.92 Å². The molecule has 0 aliphatic rings. The van der Waals surface area contributed by atoms with E-state index in [9.17, 15) is 14.4 Å². The van der Waals surface area contributed by atoms with Gasteiger partial charge >= 0.3 is 17.9 Å². The van der Waals surface area contributed by atoms with E-state index in [0.717, 1.165) is 63.7 Å². The number of esters is 3. The normalized spacial score (nSPS) is 12.4. The van der Waals surface area contributed by atoms with Crippen LogP contribution in [0.4, 0.5) is 0 Å². The molecule has 0 aromatic carbocycles. The first-order valence-electron chi connectivity index (χ1n) is 25.9. The van der Waals surface area contributed by atoms with E-state index in [1.54, 1.807) is 0 Å². The summed E-state index contributed by atoms with van der Waals surface area (Å²) >= 11 is 0. The lowest BCUT2D eigenvalue weighted by molar-refractivity contribution is -0.167. The zero-order valence-corrected chi connectivity index (χ0v) is 39.5. The highest BCUT2D eigenvalue weighted by molar-refractivity contribution is 5.71. The molecule has 0 rings (SSSR count). The first kappa shape index (κ1) is 56.4. The molecule has 0 amide bonds. The van der Waals surface area contributed by atoms with E-state index in [4.69, 9.17) is 14.2 Å². The largest absolute Gasteiger partial charge is 0.462 e. The SMILES string of the molecule is CCCCCCCCCCCCCCCCCC(=O)OC[C@@H](COC(=O)CCCCCCCCCCCCCCCCC(C)CC)OC(=O)CCCCCCCCC. The molecule has 58 heavy (non-hydrogen) atoms. The van der Waals surface area contributed by atoms with Crippen molar-refractivity contribution in [1.29, 1.82) is 0 Å². The van der Waals surface area contributed by atoms with E-state index in [0.29, 0.717) is 19.3 Å². The molecule has 0 radical (unpaired) electrons. The molecule has 6 heteroatoms. The van der Waals surface area contributed by atoms with Gasteiger partial charge in [-0.15, -0.1) is 0 Å². The van der Waals surface area contributed by atoms with Gasteiger partial charge in [0, 0.05) is 19.3 Å². The molecule has 0 heterocycles. The minimum atomic E-state index is -0.759. The van der Waals surface area contributed by atoms with Crippen molar-refractivity contribution in [2.75, 3.05) is 13.2 Å². The molecular weight excluding hydrogens is 721 g/mol. The van der Waals surface area contributed by atoms with Gasteiger partial charge in [0.15, 0.2) is 6.10 Å². The summed E-state index contributed by atoms with van der Waals surface area (Å²) in [5, 5.41) is 0. The van der Waals surface area contributed by atoms with E-state index in [1.165, 1.54) is 186 Å². The molecule has 2 atom stereocenters. The Labute approximate surface area is 361 Å². The van der Waals surface area contributed by atoms with Gasteiger partial charge in [-0.25, -0.2) is 0 Å². The number of ether oxygens (including phenoxy) is 3. The highest BCUT2D eigenvalue weighted by Crippen LogP contribution is 2.18. The third-order valence-electron chi connectivity index (χ3n) is 12.2. The van der Waals surface area contributed by atoms with E-state index >= 15 is 0 Å². The van der Waals surface area contributed by atoms with Crippen molar-refractivity contribution in [2.45, 2.75) is 297 Å². The number of carbonyl (C=O) groups excluding carboxylic acids is 3. The van der Waals surface area contributed by atoms with Crippen LogP contribution in [-0.4, -0.2) is 37.2 Å². The van der Waals surface area contributed by atoms with Gasteiger partial charge in [-0.1, -0.05) is 252 Å². The van der Waals surface area contributed by atoms with Crippen molar-refractivity contribution in [1.82, 2.24) is 0 Å². The maximum atomic E-state index is 12.7. The maximum absolute atomic E-state index is 12.7. The third-order valence-corrected chi connectivity index (χ3v) is 12.2. The quantitative estimate of drug-likeness (QED) is 0.0346. The molecule has 0 aromatic heterocycles. The van der Waals surface area contributed by atoms with E-state index in [1.807, 2.05) is 0 Å². The van der Waals surface area contributed by atoms with Gasteiger partial charge in [0.2, 0.25) is 0 Å². The van der Waals surface area contributed by atoms with Crippen LogP contribution < -0.4 is 0 Å². The van der Waals surface area contributed by atoms with Crippen molar-refractivity contribution < 1.29 is 28.6 Å². The molecule has 1 unspecified atom stereocenters. The summed E-state index contributed by atoms with van der Waals surface area (Å²) in [5.74, 6) is 0.0444. The summed E-state index contributed by atoms with van der Waals surface area (Å²) in [6.07, 6.45) is 48.1. The molecule has 0 bridgehead atoms. The van der Waals surface area contributed by atoms with Gasteiger partial charge in [0.1, 0.15) is 13.2 Å². The standard InChI is InChI=1S/C52H100O6/c1-5-8-10-12-14-15-16-17-18-22-25-28-32-35-39-43-50(53)56-46-49(58-52(55)45-41-37-30-13-11-9-6-2)47-57-51(54)44-40-36-33-29-26-23-20-19-21-24-27-31-34-38-42-48(4)7-3/h48-49H,5-47H2,1-4H3/t48?,49-/m0/s1. The Hall–Kier alpha value is -1.59. The van der Waals surface area contributed by atoms with Gasteiger partial charge in [0.25, 0.3) is 0 Å². The lowest BCUT2D eigenvalue weighted by Gasteiger charge is -2.18. The van der Waals surface area contributed by atoms with Gasteiger partial charge in [-0.05, 0) is 25.2 Å². The van der Waals surface area contributed by atoms with Crippen molar-refractivity contribution in [3.05, 3.63) is 0 Å². The van der Waals surface area contributed by atoms with Crippen molar-refractivity contribution in [3.63, 3.8) is 0 Å².